The Morgan fingerprint density at radius 1 is 1.00 bits per heavy atom. The molecule has 1 heterocycles. The molecule has 1 aromatic rings. The number of carbonyl (C=O) groups excluding carboxylic acids is 2. The van der Waals surface area contributed by atoms with Gasteiger partial charge in [0.1, 0.15) is 6.04 Å². The molecule has 1 aromatic carbocycles. The first kappa shape index (κ1) is 17.3. The summed E-state index contributed by atoms with van der Waals surface area (Å²) in [6.07, 6.45) is 9.00. The van der Waals surface area contributed by atoms with E-state index in [4.69, 9.17) is 0 Å². The van der Waals surface area contributed by atoms with E-state index in [0.717, 1.165) is 62.0 Å². The SMILES string of the molecule is O=C(NCc1ccccc1)[C@@H]1CCCN1C(=O)C12CC3CC(CC(C3)C1)C2. The molecule has 1 atom stereocenters. The highest BCUT2D eigenvalue weighted by Crippen LogP contribution is 2.60. The van der Waals surface area contributed by atoms with Crippen molar-refractivity contribution in [1.82, 2.24) is 10.2 Å². The van der Waals surface area contributed by atoms with Gasteiger partial charge in [0.05, 0.1) is 5.41 Å². The zero-order chi connectivity index (χ0) is 18.4. The van der Waals surface area contributed by atoms with Crippen LogP contribution in [0.2, 0.25) is 0 Å². The first-order valence-electron chi connectivity index (χ1n) is 10.8. The number of nitrogens with one attached hydrogen (secondary N) is 1. The Morgan fingerprint density at radius 3 is 2.26 bits per heavy atom. The average molecular weight is 367 g/mol. The van der Waals surface area contributed by atoms with E-state index >= 15 is 0 Å². The third-order valence-corrected chi connectivity index (χ3v) is 7.62. The van der Waals surface area contributed by atoms with E-state index in [0.29, 0.717) is 12.5 Å². The third kappa shape index (κ3) is 3.07. The van der Waals surface area contributed by atoms with E-state index in [1.54, 1.807) is 0 Å². The molecule has 5 aliphatic rings. The summed E-state index contributed by atoms with van der Waals surface area (Å²) >= 11 is 0. The van der Waals surface area contributed by atoms with Crippen molar-refractivity contribution < 1.29 is 9.59 Å². The van der Waals surface area contributed by atoms with Crippen LogP contribution in [0.5, 0.6) is 0 Å². The second-order valence-corrected chi connectivity index (χ2v) is 9.56. The lowest BCUT2D eigenvalue weighted by molar-refractivity contribution is -0.160. The lowest BCUT2D eigenvalue weighted by Crippen LogP contribution is -2.57. The van der Waals surface area contributed by atoms with Crippen molar-refractivity contribution >= 4 is 11.8 Å². The predicted octanol–water partition coefficient (Wildman–Crippen LogP) is 3.51. The Morgan fingerprint density at radius 2 is 1.63 bits per heavy atom. The lowest BCUT2D eigenvalue weighted by atomic mass is 9.49. The van der Waals surface area contributed by atoms with E-state index in [9.17, 15) is 9.59 Å². The Hall–Kier alpha value is -1.84. The summed E-state index contributed by atoms with van der Waals surface area (Å²) in [5.41, 5.74) is 0.958. The van der Waals surface area contributed by atoms with Crippen LogP contribution in [-0.2, 0) is 16.1 Å². The van der Waals surface area contributed by atoms with Gasteiger partial charge in [-0.25, -0.2) is 0 Å². The van der Waals surface area contributed by atoms with Gasteiger partial charge in [0.15, 0.2) is 0 Å². The second-order valence-electron chi connectivity index (χ2n) is 9.56. The number of likely N-dealkylation sites (tertiary alicyclic amines) is 1. The van der Waals surface area contributed by atoms with Crippen LogP contribution in [0.1, 0.15) is 56.9 Å². The summed E-state index contributed by atoms with van der Waals surface area (Å²) in [6.45, 7) is 1.29. The van der Waals surface area contributed by atoms with Crippen molar-refractivity contribution in [2.75, 3.05) is 6.54 Å². The minimum atomic E-state index is -0.269. The van der Waals surface area contributed by atoms with Gasteiger partial charge in [0.2, 0.25) is 11.8 Å². The van der Waals surface area contributed by atoms with Gasteiger partial charge in [-0.1, -0.05) is 30.3 Å². The summed E-state index contributed by atoms with van der Waals surface area (Å²) < 4.78 is 0. The van der Waals surface area contributed by atoms with Crippen LogP contribution in [0.15, 0.2) is 30.3 Å². The molecule has 27 heavy (non-hydrogen) atoms. The molecule has 0 unspecified atom stereocenters. The molecule has 0 aromatic heterocycles. The van der Waals surface area contributed by atoms with Crippen molar-refractivity contribution in [2.24, 2.45) is 23.2 Å². The van der Waals surface area contributed by atoms with Crippen LogP contribution in [0.3, 0.4) is 0 Å². The normalized spacial score (nSPS) is 36.8. The molecular weight excluding hydrogens is 336 g/mol. The maximum Gasteiger partial charge on any atom is 0.243 e. The van der Waals surface area contributed by atoms with Gasteiger partial charge in [0, 0.05) is 13.1 Å². The van der Waals surface area contributed by atoms with E-state index in [1.165, 1.54) is 19.3 Å². The highest BCUT2D eigenvalue weighted by atomic mass is 16.2. The molecule has 4 bridgehead atoms. The van der Waals surface area contributed by atoms with Crippen molar-refractivity contribution in [3.05, 3.63) is 35.9 Å². The summed E-state index contributed by atoms with van der Waals surface area (Å²) in [7, 11) is 0. The van der Waals surface area contributed by atoms with Crippen molar-refractivity contribution in [1.29, 1.82) is 0 Å². The molecule has 2 amide bonds. The quantitative estimate of drug-likeness (QED) is 0.886. The van der Waals surface area contributed by atoms with Gasteiger partial charge in [-0.3, -0.25) is 9.59 Å². The van der Waals surface area contributed by atoms with E-state index < -0.39 is 0 Å². The Labute approximate surface area is 161 Å². The molecule has 144 valence electrons. The first-order valence-corrected chi connectivity index (χ1v) is 10.8. The molecule has 5 fully saturated rings. The zero-order valence-corrected chi connectivity index (χ0v) is 16.0. The van der Waals surface area contributed by atoms with Crippen LogP contribution in [0, 0.1) is 23.2 Å². The highest BCUT2D eigenvalue weighted by Gasteiger charge is 2.56. The lowest BCUT2D eigenvalue weighted by Gasteiger charge is -2.56. The Balaban J connectivity index is 1.28. The van der Waals surface area contributed by atoms with Gasteiger partial charge < -0.3 is 10.2 Å². The predicted molar refractivity (Wildman–Crippen MR) is 104 cm³/mol. The third-order valence-electron chi connectivity index (χ3n) is 7.62. The van der Waals surface area contributed by atoms with E-state index in [2.05, 4.69) is 5.32 Å². The first-order chi connectivity index (χ1) is 13.1. The van der Waals surface area contributed by atoms with Crippen LogP contribution < -0.4 is 5.32 Å². The molecule has 1 N–H and O–H groups in total. The van der Waals surface area contributed by atoms with Crippen LogP contribution in [-0.4, -0.2) is 29.3 Å². The molecule has 4 saturated carbocycles. The molecule has 4 aliphatic carbocycles. The topological polar surface area (TPSA) is 49.4 Å². The number of amides is 2. The molecular formula is C23H30N2O2. The van der Waals surface area contributed by atoms with Gasteiger partial charge in [-0.2, -0.15) is 0 Å². The van der Waals surface area contributed by atoms with Crippen LogP contribution >= 0.6 is 0 Å². The summed E-state index contributed by atoms with van der Waals surface area (Å²) in [6, 6.07) is 9.73. The van der Waals surface area contributed by atoms with Crippen LogP contribution in [0.4, 0.5) is 0 Å². The molecule has 0 radical (unpaired) electrons. The number of hydrogen-bond donors (Lipinski definition) is 1. The maximum absolute atomic E-state index is 13.6. The van der Waals surface area contributed by atoms with Gasteiger partial charge in [-0.05, 0) is 74.7 Å². The number of rotatable bonds is 4. The monoisotopic (exact) mass is 366 g/mol. The minimum Gasteiger partial charge on any atom is -0.350 e. The van der Waals surface area contributed by atoms with Gasteiger partial charge >= 0.3 is 0 Å². The molecule has 4 heteroatoms. The summed E-state index contributed by atoms with van der Waals surface area (Å²) in [4.78, 5) is 28.4. The molecule has 0 spiro atoms. The minimum absolute atomic E-state index is 0.0226. The summed E-state index contributed by atoms with van der Waals surface area (Å²) in [5.74, 6) is 2.60. The maximum atomic E-state index is 13.6. The molecule has 1 saturated heterocycles. The number of benzene rings is 1. The van der Waals surface area contributed by atoms with Crippen molar-refractivity contribution in [3.63, 3.8) is 0 Å². The van der Waals surface area contributed by atoms with Crippen LogP contribution in [0.25, 0.3) is 0 Å². The highest BCUT2D eigenvalue weighted by molar-refractivity contribution is 5.91. The smallest absolute Gasteiger partial charge is 0.243 e. The van der Waals surface area contributed by atoms with Crippen molar-refractivity contribution in [3.8, 4) is 0 Å². The van der Waals surface area contributed by atoms with E-state index in [1.807, 2.05) is 35.2 Å². The number of carbonyl (C=O) groups is 2. The molecule has 1 aliphatic heterocycles. The summed E-state index contributed by atoms with van der Waals surface area (Å²) in [5, 5.41) is 3.07. The van der Waals surface area contributed by atoms with E-state index in [-0.39, 0.29) is 17.4 Å². The fourth-order valence-electron chi connectivity index (χ4n) is 6.86. The zero-order valence-electron chi connectivity index (χ0n) is 16.0. The van der Waals surface area contributed by atoms with Crippen molar-refractivity contribution in [2.45, 2.75) is 64.0 Å². The molecule has 4 nitrogen and oxygen atoms in total. The second kappa shape index (κ2) is 6.65. The Bertz CT molecular complexity index is 694. The number of nitrogens with zero attached hydrogens (tertiary/aromatic N) is 1. The standard InChI is InChI=1S/C23H30N2O2/c26-21(24-15-16-5-2-1-3-6-16)20-7-4-8-25(20)22(27)23-12-17-9-18(13-23)11-19(10-17)14-23/h1-3,5-6,17-20H,4,7-15H2,(H,24,26)/t17?,18?,19?,20-,23?/m0/s1. The van der Waals surface area contributed by atoms with Gasteiger partial charge in [0.25, 0.3) is 0 Å². The largest absolute Gasteiger partial charge is 0.350 e. The Kier molecular flexibility index (Phi) is 4.25. The van der Waals surface area contributed by atoms with Gasteiger partial charge in [-0.15, -0.1) is 0 Å². The fourth-order valence-corrected chi connectivity index (χ4v) is 6.86. The average Bonchev–Trinajstić information content (AvgIpc) is 3.15. The molecule has 6 rings (SSSR count). The fraction of sp³-hybridized carbons (Fsp3) is 0.652. The number of hydrogen-bond acceptors (Lipinski definition) is 2.